The Balaban J connectivity index is 1.25. The molecule has 4 nitrogen and oxygen atoms in total. The van der Waals surface area contributed by atoms with E-state index in [1.807, 2.05) is 67.6 Å². The van der Waals surface area contributed by atoms with Gasteiger partial charge in [0.1, 0.15) is 11.9 Å². The summed E-state index contributed by atoms with van der Waals surface area (Å²) in [5.41, 5.74) is 9.18. The highest BCUT2D eigenvalue weighted by molar-refractivity contribution is 7.15. The van der Waals surface area contributed by atoms with Crippen molar-refractivity contribution in [2.45, 2.75) is 52.2 Å². The molecule has 0 bridgehead atoms. The minimum atomic E-state index is -0.379. The molecule has 176 valence electrons. The van der Waals surface area contributed by atoms with E-state index < -0.39 is 0 Å². The Bertz CT molecular complexity index is 1420. The van der Waals surface area contributed by atoms with Crippen LogP contribution in [0.2, 0.25) is 0 Å². The summed E-state index contributed by atoms with van der Waals surface area (Å²) in [7, 11) is 0. The maximum atomic E-state index is 12.9. The second-order valence-electron chi connectivity index (χ2n) is 9.42. The van der Waals surface area contributed by atoms with E-state index in [2.05, 4.69) is 30.3 Å². The number of nitrogens with zero attached hydrogens (tertiary/aromatic N) is 1. The number of aryl methyl sites for hydroxylation is 3. The highest BCUT2D eigenvalue weighted by atomic mass is 32.1. The van der Waals surface area contributed by atoms with Crippen molar-refractivity contribution in [2.24, 2.45) is 0 Å². The summed E-state index contributed by atoms with van der Waals surface area (Å²) in [6.07, 6.45) is 2.79. The van der Waals surface area contributed by atoms with E-state index in [4.69, 9.17) is 9.26 Å². The molecule has 1 aliphatic carbocycles. The third kappa shape index (κ3) is 3.99. The number of allylic oxidation sites excluding steroid dienone is 2. The average Bonchev–Trinajstić information content (AvgIpc) is 3.19. The number of rotatable bonds is 6. The fraction of sp³-hybridized carbons (Fsp3) is 0.267. The van der Waals surface area contributed by atoms with Gasteiger partial charge in [-0.25, -0.2) is 0 Å². The molecule has 35 heavy (non-hydrogen) atoms. The van der Waals surface area contributed by atoms with Gasteiger partial charge >= 0.3 is 0 Å². The first-order valence-electron chi connectivity index (χ1n) is 12.1. The second-order valence-corrected chi connectivity index (χ2v) is 10.7. The lowest BCUT2D eigenvalue weighted by Gasteiger charge is -2.07. The normalized spacial score (nSPS) is 19.4. The second kappa shape index (κ2) is 8.74. The van der Waals surface area contributed by atoms with E-state index in [9.17, 15) is 4.79 Å². The predicted octanol–water partition coefficient (Wildman–Crippen LogP) is 7.75. The minimum absolute atomic E-state index is 0.0497. The van der Waals surface area contributed by atoms with Gasteiger partial charge in [0.2, 0.25) is 0 Å². The van der Waals surface area contributed by atoms with Gasteiger partial charge in [0.15, 0.2) is 11.9 Å². The standard InChI is InChI=1S/C30H27NO3S/c1-17-27(18(2)34-31-17)24-11-7-10-23(24)25-16-26(35-19(25)3)20-12-14-21(15-13-20)28(32)30-29(33-30)22-8-5-4-6-9-22/h4-6,8-9,12-16,29-30H,7,10-11H2,1-3H3/t29-,30?/m1/s1. The van der Waals surface area contributed by atoms with E-state index in [1.54, 1.807) is 0 Å². The van der Waals surface area contributed by atoms with Crippen LogP contribution in [0.1, 0.15) is 68.7 Å². The van der Waals surface area contributed by atoms with Crippen molar-refractivity contribution in [3.05, 3.63) is 99.2 Å². The van der Waals surface area contributed by atoms with Crippen molar-refractivity contribution in [1.29, 1.82) is 0 Å². The molecule has 0 N–H and O–H groups in total. The molecule has 2 aromatic carbocycles. The molecule has 5 heteroatoms. The number of ketones is 1. The third-order valence-corrected chi connectivity index (χ3v) is 8.23. The lowest BCUT2D eigenvalue weighted by Crippen LogP contribution is -2.08. The molecule has 1 aliphatic heterocycles. The fourth-order valence-electron chi connectivity index (χ4n) is 5.33. The largest absolute Gasteiger partial charge is 0.361 e. The van der Waals surface area contributed by atoms with Gasteiger partial charge in [-0.1, -0.05) is 59.8 Å². The van der Waals surface area contributed by atoms with Crippen molar-refractivity contribution in [3.8, 4) is 10.4 Å². The summed E-state index contributed by atoms with van der Waals surface area (Å²) in [5, 5.41) is 4.18. The molecule has 2 aromatic heterocycles. The van der Waals surface area contributed by atoms with Crippen molar-refractivity contribution in [3.63, 3.8) is 0 Å². The van der Waals surface area contributed by atoms with Gasteiger partial charge in [0, 0.05) is 20.9 Å². The third-order valence-electron chi connectivity index (χ3n) is 7.13. The molecule has 0 spiro atoms. The number of Topliss-reactive ketones (excluding diaryl/α,β-unsaturated/α-hetero) is 1. The zero-order valence-corrected chi connectivity index (χ0v) is 20.9. The van der Waals surface area contributed by atoms with Gasteiger partial charge in [0.25, 0.3) is 0 Å². The van der Waals surface area contributed by atoms with E-state index in [0.717, 1.165) is 41.8 Å². The van der Waals surface area contributed by atoms with Crippen LogP contribution < -0.4 is 0 Å². The molecule has 0 radical (unpaired) electrons. The molecule has 1 saturated heterocycles. The van der Waals surface area contributed by atoms with Gasteiger partial charge in [0.05, 0.1) is 5.69 Å². The Morgan fingerprint density at radius 2 is 1.71 bits per heavy atom. The molecule has 2 atom stereocenters. The Morgan fingerprint density at radius 1 is 0.971 bits per heavy atom. The zero-order valence-electron chi connectivity index (χ0n) is 20.1. The minimum Gasteiger partial charge on any atom is -0.361 e. The topological polar surface area (TPSA) is 55.6 Å². The lowest BCUT2D eigenvalue weighted by molar-refractivity contribution is 0.0953. The monoisotopic (exact) mass is 481 g/mol. The first-order valence-corrected chi connectivity index (χ1v) is 12.9. The van der Waals surface area contributed by atoms with Crippen molar-refractivity contribution >= 4 is 28.3 Å². The summed E-state index contributed by atoms with van der Waals surface area (Å²) >= 11 is 1.81. The molecule has 4 aromatic rings. The van der Waals surface area contributed by atoms with Gasteiger partial charge in [-0.15, -0.1) is 11.3 Å². The maximum absolute atomic E-state index is 12.9. The number of aromatic nitrogens is 1. The number of carbonyl (C=O) groups is 1. The van der Waals surface area contributed by atoms with Crippen LogP contribution in [0.5, 0.6) is 0 Å². The molecular formula is C30H27NO3S. The average molecular weight is 482 g/mol. The van der Waals surface area contributed by atoms with Gasteiger partial charge in [-0.2, -0.15) is 0 Å². The number of carbonyl (C=O) groups excluding carboxylic acids is 1. The van der Waals surface area contributed by atoms with Crippen molar-refractivity contribution in [2.75, 3.05) is 0 Å². The van der Waals surface area contributed by atoms with Gasteiger partial charge < -0.3 is 9.26 Å². The molecule has 2 aliphatic rings. The van der Waals surface area contributed by atoms with Crippen LogP contribution in [-0.4, -0.2) is 17.0 Å². The van der Waals surface area contributed by atoms with Crippen LogP contribution in [0.3, 0.4) is 0 Å². The van der Waals surface area contributed by atoms with Crippen molar-refractivity contribution < 1.29 is 14.1 Å². The van der Waals surface area contributed by atoms with Crippen LogP contribution in [-0.2, 0) is 4.74 Å². The van der Waals surface area contributed by atoms with E-state index >= 15 is 0 Å². The summed E-state index contributed by atoms with van der Waals surface area (Å²) in [6.45, 7) is 6.23. The SMILES string of the molecule is Cc1noc(C)c1C1=C(c2cc(-c3ccc(C(=O)C4O[C@@H]4c4ccccc4)cc3)sc2C)CCC1. The lowest BCUT2D eigenvalue weighted by atomic mass is 9.96. The smallest absolute Gasteiger partial charge is 0.194 e. The quantitative estimate of drug-likeness (QED) is 0.209. The number of hydrogen-bond acceptors (Lipinski definition) is 5. The van der Waals surface area contributed by atoms with Crippen LogP contribution in [0.25, 0.3) is 21.6 Å². The Kier molecular flexibility index (Phi) is 5.54. The van der Waals surface area contributed by atoms with Crippen LogP contribution in [0, 0.1) is 20.8 Å². The number of epoxide rings is 1. The molecule has 6 rings (SSSR count). The number of ether oxygens (including phenoxy) is 1. The van der Waals surface area contributed by atoms with E-state index in [-0.39, 0.29) is 18.0 Å². The highest BCUT2D eigenvalue weighted by Gasteiger charge is 2.46. The number of hydrogen-bond donors (Lipinski definition) is 0. The highest BCUT2D eigenvalue weighted by Crippen LogP contribution is 2.46. The van der Waals surface area contributed by atoms with Gasteiger partial charge in [-0.05, 0) is 73.9 Å². The van der Waals surface area contributed by atoms with Gasteiger partial charge in [-0.3, -0.25) is 4.79 Å². The fourth-order valence-corrected chi connectivity index (χ4v) is 6.38. The number of thiophene rings is 1. The van der Waals surface area contributed by atoms with Crippen LogP contribution >= 0.6 is 11.3 Å². The Hall–Kier alpha value is -3.28. The predicted molar refractivity (Wildman–Crippen MR) is 140 cm³/mol. The Morgan fingerprint density at radius 3 is 2.43 bits per heavy atom. The van der Waals surface area contributed by atoms with Crippen molar-refractivity contribution in [1.82, 2.24) is 5.16 Å². The number of benzene rings is 2. The zero-order chi connectivity index (χ0) is 24.1. The molecule has 1 unspecified atom stereocenters. The summed E-state index contributed by atoms with van der Waals surface area (Å²) in [4.78, 5) is 15.5. The molecule has 3 heterocycles. The molecule has 0 amide bonds. The summed E-state index contributed by atoms with van der Waals surface area (Å²) in [6, 6.07) is 20.2. The van der Waals surface area contributed by atoms with E-state index in [1.165, 1.54) is 32.0 Å². The van der Waals surface area contributed by atoms with E-state index in [0.29, 0.717) is 5.56 Å². The molecule has 1 fully saturated rings. The first-order chi connectivity index (χ1) is 17.0. The first kappa shape index (κ1) is 22.2. The summed E-state index contributed by atoms with van der Waals surface area (Å²) in [5.74, 6) is 0.952. The molecular weight excluding hydrogens is 454 g/mol. The summed E-state index contributed by atoms with van der Waals surface area (Å²) < 4.78 is 11.2. The van der Waals surface area contributed by atoms with Crippen LogP contribution in [0.4, 0.5) is 0 Å². The Labute approximate surface area is 209 Å². The maximum Gasteiger partial charge on any atom is 0.194 e. The molecule has 0 saturated carbocycles. The van der Waals surface area contributed by atoms with Crippen LogP contribution in [0.15, 0.2) is 65.2 Å².